The fraction of sp³-hybridized carbons (Fsp3) is 0.0870. The molecule has 0 aliphatic carbocycles. The van der Waals surface area contributed by atoms with Crippen molar-refractivity contribution in [2.45, 2.75) is 17.3 Å². The summed E-state index contributed by atoms with van der Waals surface area (Å²) in [6, 6.07) is 20.6. The van der Waals surface area contributed by atoms with Crippen LogP contribution in [0.5, 0.6) is 0 Å². The van der Waals surface area contributed by atoms with Gasteiger partial charge in [-0.15, -0.1) is 10.2 Å². The highest BCUT2D eigenvalue weighted by Gasteiger charge is 2.27. The lowest BCUT2D eigenvalue weighted by atomic mass is 9.98. The number of nitrogens with one attached hydrogen (secondary N) is 2. The number of carbonyl (C=O) groups excluding carboxylic acids is 1. The van der Waals surface area contributed by atoms with Crippen molar-refractivity contribution in [2.75, 3.05) is 5.32 Å². The van der Waals surface area contributed by atoms with Crippen LogP contribution in [0.15, 0.2) is 77.1 Å². The molecule has 3 aromatic carbocycles. The van der Waals surface area contributed by atoms with Gasteiger partial charge >= 0.3 is 0 Å². The SMILES string of the molecule is Cc1cccc([C@H](NS(=O)(=O)c2nnc(NC(=O)c3ccc(Cl)cc3Cl)s2)c2ccccc2)c1. The van der Waals surface area contributed by atoms with Gasteiger partial charge < -0.3 is 0 Å². The molecular formula is C23H18Cl2N4O3S2. The van der Waals surface area contributed by atoms with Crippen molar-refractivity contribution in [3.63, 3.8) is 0 Å². The molecule has 2 N–H and O–H groups in total. The fourth-order valence-electron chi connectivity index (χ4n) is 3.24. The average Bonchev–Trinajstić information content (AvgIpc) is 3.27. The van der Waals surface area contributed by atoms with Crippen molar-refractivity contribution < 1.29 is 13.2 Å². The van der Waals surface area contributed by atoms with E-state index in [1.807, 2.05) is 61.5 Å². The third-order valence-electron chi connectivity index (χ3n) is 4.81. The minimum Gasteiger partial charge on any atom is -0.296 e. The lowest BCUT2D eigenvalue weighted by molar-refractivity contribution is 0.102. The van der Waals surface area contributed by atoms with Gasteiger partial charge in [0.2, 0.25) is 9.47 Å². The van der Waals surface area contributed by atoms with Crippen LogP contribution in [0.25, 0.3) is 0 Å². The summed E-state index contributed by atoms with van der Waals surface area (Å²) in [5.41, 5.74) is 2.73. The zero-order valence-electron chi connectivity index (χ0n) is 17.7. The monoisotopic (exact) mass is 532 g/mol. The van der Waals surface area contributed by atoms with E-state index in [2.05, 4.69) is 20.2 Å². The van der Waals surface area contributed by atoms with Crippen LogP contribution in [-0.4, -0.2) is 24.5 Å². The molecule has 0 fully saturated rings. The second kappa shape index (κ2) is 10.2. The minimum absolute atomic E-state index is 0.0169. The van der Waals surface area contributed by atoms with Crippen LogP contribution in [0.2, 0.25) is 10.0 Å². The topological polar surface area (TPSA) is 101 Å². The van der Waals surface area contributed by atoms with E-state index < -0.39 is 22.0 Å². The van der Waals surface area contributed by atoms with E-state index in [0.29, 0.717) is 5.02 Å². The van der Waals surface area contributed by atoms with Gasteiger partial charge in [0, 0.05) is 5.02 Å². The number of benzene rings is 3. The third kappa shape index (κ3) is 5.63. The predicted molar refractivity (Wildman–Crippen MR) is 134 cm³/mol. The van der Waals surface area contributed by atoms with E-state index in [-0.39, 0.29) is 20.1 Å². The Balaban J connectivity index is 1.58. The first kappa shape index (κ1) is 24.3. The summed E-state index contributed by atoms with van der Waals surface area (Å²) >= 11 is 12.7. The van der Waals surface area contributed by atoms with Crippen molar-refractivity contribution in [1.82, 2.24) is 14.9 Å². The van der Waals surface area contributed by atoms with Crippen molar-refractivity contribution in [3.05, 3.63) is 105 Å². The molecule has 4 rings (SSSR count). The molecule has 0 saturated carbocycles. The van der Waals surface area contributed by atoms with E-state index in [1.165, 1.54) is 18.2 Å². The highest BCUT2D eigenvalue weighted by Crippen LogP contribution is 2.28. The third-order valence-corrected chi connectivity index (χ3v) is 7.99. The first-order valence-electron chi connectivity index (χ1n) is 9.97. The van der Waals surface area contributed by atoms with Crippen molar-refractivity contribution in [3.8, 4) is 0 Å². The lowest BCUT2D eigenvalue weighted by Crippen LogP contribution is -2.29. The fourth-order valence-corrected chi connectivity index (χ4v) is 5.85. The van der Waals surface area contributed by atoms with Crippen LogP contribution in [0, 0.1) is 6.92 Å². The summed E-state index contributed by atoms with van der Waals surface area (Å²) in [5, 5.41) is 10.7. The van der Waals surface area contributed by atoms with Gasteiger partial charge in [0.15, 0.2) is 0 Å². The zero-order chi connectivity index (χ0) is 24.3. The standard InChI is InChI=1S/C23H18Cl2N4O3S2/c1-14-6-5-9-16(12-14)20(15-7-3-2-4-8-15)29-34(31,32)23-28-27-22(33-23)26-21(30)18-11-10-17(24)13-19(18)25/h2-13,20,29H,1H3,(H,26,27,30)/t20-/m1/s1. The molecule has 0 bridgehead atoms. The number of aryl methyl sites for hydroxylation is 1. The number of carbonyl (C=O) groups is 1. The molecule has 0 saturated heterocycles. The summed E-state index contributed by atoms with van der Waals surface area (Å²) in [5.74, 6) is -0.559. The smallest absolute Gasteiger partial charge is 0.270 e. The van der Waals surface area contributed by atoms with Gasteiger partial charge in [-0.3, -0.25) is 10.1 Å². The van der Waals surface area contributed by atoms with Gasteiger partial charge in [-0.25, -0.2) is 8.42 Å². The molecule has 0 aliphatic rings. The average molecular weight is 533 g/mol. The molecule has 1 heterocycles. The highest BCUT2D eigenvalue weighted by molar-refractivity contribution is 7.91. The number of sulfonamides is 1. The van der Waals surface area contributed by atoms with Gasteiger partial charge in [0.25, 0.3) is 15.9 Å². The molecule has 7 nitrogen and oxygen atoms in total. The molecule has 1 atom stereocenters. The Kier molecular flexibility index (Phi) is 7.30. The predicted octanol–water partition coefficient (Wildman–Crippen LogP) is 5.47. The number of anilines is 1. The second-order valence-electron chi connectivity index (χ2n) is 7.33. The van der Waals surface area contributed by atoms with Crippen LogP contribution in [0.3, 0.4) is 0 Å². The quantitative estimate of drug-likeness (QED) is 0.307. The van der Waals surface area contributed by atoms with Crippen LogP contribution in [0.4, 0.5) is 5.13 Å². The van der Waals surface area contributed by atoms with E-state index in [9.17, 15) is 13.2 Å². The number of aromatic nitrogens is 2. The maximum Gasteiger partial charge on any atom is 0.270 e. The first-order chi connectivity index (χ1) is 16.2. The molecule has 0 unspecified atom stereocenters. The molecule has 0 spiro atoms. The van der Waals surface area contributed by atoms with Crippen LogP contribution in [-0.2, 0) is 10.0 Å². The second-order valence-corrected chi connectivity index (χ2v) is 11.0. The minimum atomic E-state index is -4.06. The molecule has 34 heavy (non-hydrogen) atoms. The molecule has 1 amide bonds. The zero-order valence-corrected chi connectivity index (χ0v) is 20.8. The van der Waals surface area contributed by atoms with E-state index in [1.54, 1.807) is 0 Å². The summed E-state index contributed by atoms with van der Waals surface area (Å²) in [4.78, 5) is 12.5. The summed E-state index contributed by atoms with van der Waals surface area (Å²) in [6.45, 7) is 1.94. The Morgan fingerprint density at radius 2 is 1.68 bits per heavy atom. The first-order valence-corrected chi connectivity index (χ1v) is 13.0. The Morgan fingerprint density at radius 1 is 0.941 bits per heavy atom. The number of rotatable bonds is 7. The van der Waals surface area contributed by atoms with Gasteiger partial charge in [-0.05, 0) is 36.2 Å². The normalized spacial score (nSPS) is 12.3. The number of halogens is 2. The van der Waals surface area contributed by atoms with Gasteiger partial charge in [0.05, 0.1) is 16.6 Å². The largest absolute Gasteiger partial charge is 0.296 e. The summed E-state index contributed by atoms with van der Waals surface area (Å²) in [6.07, 6.45) is 0. The van der Waals surface area contributed by atoms with Crippen LogP contribution >= 0.6 is 34.5 Å². The Hall–Kier alpha value is -2.82. The van der Waals surface area contributed by atoms with Gasteiger partial charge in [-0.2, -0.15) is 4.72 Å². The molecule has 1 aromatic heterocycles. The Bertz CT molecular complexity index is 1440. The molecule has 0 aliphatic heterocycles. The lowest BCUT2D eigenvalue weighted by Gasteiger charge is -2.19. The number of amides is 1. The molecule has 0 radical (unpaired) electrons. The van der Waals surface area contributed by atoms with Crippen molar-refractivity contribution >= 4 is 55.6 Å². The van der Waals surface area contributed by atoms with Crippen molar-refractivity contribution in [2.24, 2.45) is 0 Å². The molecular weight excluding hydrogens is 515 g/mol. The number of hydrogen-bond acceptors (Lipinski definition) is 6. The van der Waals surface area contributed by atoms with Gasteiger partial charge in [-0.1, -0.05) is 94.7 Å². The Morgan fingerprint density at radius 3 is 2.38 bits per heavy atom. The van der Waals surface area contributed by atoms with E-state index in [4.69, 9.17) is 23.2 Å². The molecule has 4 aromatic rings. The summed E-state index contributed by atoms with van der Waals surface area (Å²) in [7, 11) is -4.06. The van der Waals surface area contributed by atoms with Crippen molar-refractivity contribution in [1.29, 1.82) is 0 Å². The van der Waals surface area contributed by atoms with Crippen LogP contribution < -0.4 is 10.0 Å². The maximum atomic E-state index is 13.2. The molecule has 174 valence electrons. The van der Waals surface area contributed by atoms with Crippen LogP contribution in [0.1, 0.15) is 33.1 Å². The van der Waals surface area contributed by atoms with E-state index >= 15 is 0 Å². The highest BCUT2D eigenvalue weighted by atomic mass is 35.5. The number of nitrogens with zero attached hydrogens (tertiary/aromatic N) is 2. The maximum absolute atomic E-state index is 13.2. The number of hydrogen-bond donors (Lipinski definition) is 2. The summed E-state index contributed by atoms with van der Waals surface area (Å²) < 4.78 is 28.8. The van der Waals surface area contributed by atoms with Gasteiger partial charge in [0.1, 0.15) is 0 Å². The van der Waals surface area contributed by atoms with E-state index in [0.717, 1.165) is 28.0 Å². The Labute approximate surface area is 210 Å². The molecule has 11 heteroatoms.